The Morgan fingerprint density at radius 3 is 2.70 bits per heavy atom. The molecule has 2 aromatic rings. The molecule has 6 rings (SSSR count). The number of benzene rings is 1. The maximum Gasteiger partial charge on any atom is 0.0727 e. The summed E-state index contributed by atoms with van der Waals surface area (Å²) in [5.41, 5.74) is 7.10. The molecule has 4 aliphatic rings. The van der Waals surface area contributed by atoms with E-state index in [2.05, 4.69) is 48.1 Å². The summed E-state index contributed by atoms with van der Waals surface area (Å²) in [6, 6.07) is 7.62. The second-order valence-electron chi connectivity index (χ2n) is 9.26. The summed E-state index contributed by atoms with van der Waals surface area (Å²) in [4.78, 5) is 10.0. The van der Waals surface area contributed by atoms with Crippen molar-refractivity contribution in [2.45, 2.75) is 70.4 Å². The molecular weight excluding hydrogens is 390 g/mol. The molecule has 158 valence electrons. The first-order valence-electron chi connectivity index (χ1n) is 11.6. The van der Waals surface area contributed by atoms with Crippen LogP contribution in [0.4, 0.5) is 0 Å². The lowest BCUT2D eigenvalue weighted by molar-refractivity contribution is -0.0122. The van der Waals surface area contributed by atoms with Gasteiger partial charge in [0.1, 0.15) is 0 Å². The van der Waals surface area contributed by atoms with Crippen molar-refractivity contribution < 1.29 is 0 Å². The first-order valence-corrected chi connectivity index (χ1v) is 12.0. The molecular formula is C26H32ClN3. The molecule has 4 heteroatoms. The molecule has 1 aliphatic carbocycles. The van der Waals surface area contributed by atoms with Gasteiger partial charge in [-0.1, -0.05) is 50.2 Å². The van der Waals surface area contributed by atoms with Gasteiger partial charge in [-0.25, -0.2) is 0 Å². The molecule has 0 saturated carbocycles. The van der Waals surface area contributed by atoms with Gasteiger partial charge < -0.3 is 9.80 Å². The van der Waals surface area contributed by atoms with E-state index in [0.717, 1.165) is 54.0 Å². The highest BCUT2D eigenvalue weighted by Gasteiger charge is 2.45. The zero-order chi connectivity index (χ0) is 20.8. The number of unbranched alkanes of at least 4 members (excludes halogenated alkanes) is 1. The quantitative estimate of drug-likeness (QED) is 0.553. The molecule has 3 saturated heterocycles. The van der Waals surface area contributed by atoms with Gasteiger partial charge >= 0.3 is 0 Å². The Hall–Kier alpha value is -2.00. The number of nitrogens with zero attached hydrogens (tertiary/aromatic N) is 3. The largest absolute Gasteiger partial charge is 0.371 e. The molecule has 0 spiro atoms. The van der Waals surface area contributed by atoms with Crippen molar-refractivity contribution in [2.24, 2.45) is 0 Å². The minimum Gasteiger partial charge on any atom is -0.371 e. The summed E-state index contributed by atoms with van der Waals surface area (Å²) in [5.74, 6) is 0. The Morgan fingerprint density at radius 2 is 1.93 bits per heavy atom. The summed E-state index contributed by atoms with van der Waals surface area (Å²) in [6.45, 7) is 13.2. The Bertz CT molecular complexity index is 999. The second kappa shape index (κ2) is 7.92. The number of halogens is 1. The Balaban J connectivity index is 1.35. The average molecular weight is 422 g/mol. The van der Waals surface area contributed by atoms with E-state index in [1.807, 2.05) is 0 Å². The van der Waals surface area contributed by atoms with Gasteiger partial charge in [0.15, 0.2) is 0 Å². The zero-order valence-electron chi connectivity index (χ0n) is 18.1. The summed E-state index contributed by atoms with van der Waals surface area (Å²) >= 11 is 6.77. The molecule has 3 fully saturated rings. The molecule has 1 aromatic carbocycles. The maximum atomic E-state index is 6.77. The van der Waals surface area contributed by atoms with Gasteiger partial charge in [0.05, 0.1) is 10.5 Å². The van der Waals surface area contributed by atoms with Gasteiger partial charge in [-0.15, -0.1) is 0 Å². The number of aryl methyl sites for hydroxylation is 1. The van der Waals surface area contributed by atoms with Crippen LogP contribution in [0.2, 0.25) is 5.02 Å². The fourth-order valence-corrected chi connectivity index (χ4v) is 5.91. The van der Waals surface area contributed by atoms with Gasteiger partial charge in [0, 0.05) is 47.6 Å². The number of hydrogen-bond donors (Lipinski definition) is 0. The molecule has 0 radical (unpaired) electrons. The third kappa shape index (κ3) is 3.32. The minimum absolute atomic E-state index is 0.547. The van der Waals surface area contributed by atoms with Gasteiger partial charge in [-0.05, 0) is 62.1 Å². The van der Waals surface area contributed by atoms with E-state index in [1.165, 1.54) is 54.6 Å². The smallest absolute Gasteiger partial charge is 0.0727 e. The molecule has 4 heterocycles. The van der Waals surface area contributed by atoms with Crippen LogP contribution in [0.1, 0.15) is 62.3 Å². The number of rotatable bonds is 6. The van der Waals surface area contributed by atoms with Crippen LogP contribution < -0.4 is 0 Å². The van der Waals surface area contributed by atoms with Crippen molar-refractivity contribution in [3.8, 4) is 0 Å². The third-order valence-corrected chi connectivity index (χ3v) is 7.73. The van der Waals surface area contributed by atoms with Crippen LogP contribution >= 0.6 is 11.6 Å². The SMILES string of the molecule is C=C(CCCC)N1CC2CC(C1)N2C(=C)c1ccc2c(Cl)c3c(nc2c1)CCCC3. The van der Waals surface area contributed by atoms with Gasteiger partial charge in [-0.2, -0.15) is 0 Å². The van der Waals surface area contributed by atoms with Crippen LogP contribution in [0, 0.1) is 0 Å². The van der Waals surface area contributed by atoms with Crippen LogP contribution in [0.25, 0.3) is 16.6 Å². The number of pyridine rings is 1. The highest BCUT2D eigenvalue weighted by Crippen LogP contribution is 2.41. The fourth-order valence-electron chi connectivity index (χ4n) is 5.54. The normalized spacial score (nSPS) is 22.6. The summed E-state index contributed by atoms with van der Waals surface area (Å²) < 4.78 is 0. The number of piperazine rings is 1. The monoisotopic (exact) mass is 421 g/mol. The van der Waals surface area contributed by atoms with E-state index < -0.39 is 0 Å². The van der Waals surface area contributed by atoms with E-state index in [-0.39, 0.29) is 0 Å². The highest BCUT2D eigenvalue weighted by atomic mass is 35.5. The van der Waals surface area contributed by atoms with Crippen molar-refractivity contribution in [2.75, 3.05) is 13.1 Å². The first kappa shape index (κ1) is 19.9. The summed E-state index contributed by atoms with van der Waals surface area (Å²) in [5, 5.41) is 1.99. The molecule has 0 N–H and O–H groups in total. The number of piperidine rings is 1. The Morgan fingerprint density at radius 1 is 1.17 bits per heavy atom. The van der Waals surface area contributed by atoms with Crippen LogP contribution in [0.15, 0.2) is 37.1 Å². The van der Waals surface area contributed by atoms with Crippen LogP contribution in [-0.4, -0.2) is 40.0 Å². The van der Waals surface area contributed by atoms with E-state index in [1.54, 1.807) is 0 Å². The van der Waals surface area contributed by atoms with Crippen LogP contribution in [0.3, 0.4) is 0 Å². The zero-order valence-corrected chi connectivity index (χ0v) is 18.8. The standard InChI is InChI=1S/C26H32ClN3/c1-4-5-8-17(2)29-15-20-14-21(16-29)30(20)18(3)19-11-12-23-25(13-19)28-24-10-7-6-9-22(24)26(23)27/h11-13,20-21H,2-10,14-16H2,1H3. The molecule has 2 atom stereocenters. The molecule has 3 aliphatic heterocycles. The highest BCUT2D eigenvalue weighted by molar-refractivity contribution is 6.36. The molecule has 30 heavy (non-hydrogen) atoms. The maximum absolute atomic E-state index is 6.77. The molecule has 2 bridgehead atoms. The Kier molecular flexibility index (Phi) is 5.26. The lowest BCUT2D eigenvalue weighted by Crippen LogP contribution is -2.67. The van der Waals surface area contributed by atoms with Crippen LogP contribution in [-0.2, 0) is 12.8 Å². The lowest BCUT2D eigenvalue weighted by atomic mass is 9.85. The fraction of sp³-hybridized carbons (Fsp3) is 0.500. The van der Waals surface area contributed by atoms with E-state index in [4.69, 9.17) is 16.6 Å². The van der Waals surface area contributed by atoms with E-state index >= 15 is 0 Å². The van der Waals surface area contributed by atoms with Crippen LogP contribution in [0.5, 0.6) is 0 Å². The minimum atomic E-state index is 0.547. The van der Waals surface area contributed by atoms with Crippen molar-refractivity contribution >= 4 is 28.2 Å². The predicted molar refractivity (Wildman–Crippen MR) is 127 cm³/mol. The van der Waals surface area contributed by atoms with Crippen molar-refractivity contribution in [1.82, 2.24) is 14.8 Å². The summed E-state index contributed by atoms with van der Waals surface area (Å²) in [6.07, 6.45) is 9.39. The van der Waals surface area contributed by atoms with Crippen molar-refractivity contribution in [3.05, 3.63) is 58.9 Å². The number of allylic oxidation sites excluding steroid dienone is 1. The Labute approximate surface area is 185 Å². The third-order valence-electron chi connectivity index (χ3n) is 7.30. The molecule has 0 amide bonds. The second-order valence-corrected chi connectivity index (χ2v) is 9.64. The number of fused-ring (bicyclic) bond motifs is 4. The molecule has 3 nitrogen and oxygen atoms in total. The van der Waals surface area contributed by atoms with Gasteiger partial charge in [-0.3, -0.25) is 4.98 Å². The van der Waals surface area contributed by atoms with E-state index in [0.29, 0.717) is 12.1 Å². The number of aromatic nitrogens is 1. The molecule has 2 unspecified atom stereocenters. The van der Waals surface area contributed by atoms with Crippen molar-refractivity contribution in [1.29, 1.82) is 0 Å². The first-order chi connectivity index (χ1) is 14.6. The number of hydrogen-bond acceptors (Lipinski definition) is 3. The molecule has 1 aromatic heterocycles. The van der Waals surface area contributed by atoms with Crippen molar-refractivity contribution in [3.63, 3.8) is 0 Å². The summed E-state index contributed by atoms with van der Waals surface area (Å²) in [7, 11) is 0. The van der Waals surface area contributed by atoms with Gasteiger partial charge in [0.25, 0.3) is 0 Å². The topological polar surface area (TPSA) is 19.4 Å². The lowest BCUT2D eigenvalue weighted by Gasteiger charge is -2.59. The van der Waals surface area contributed by atoms with Gasteiger partial charge in [0.2, 0.25) is 0 Å². The predicted octanol–water partition coefficient (Wildman–Crippen LogP) is 6.20. The van der Waals surface area contributed by atoms with E-state index in [9.17, 15) is 0 Å². The average Bonchev–Trinajstić information content (AvgIpc) is 2.77.